The summed E-state index contributed by atoms with van der Waals surface area (Å²) in [6, 6.07) is 7.27. The van der Waals surface area contributed by atoms with Gasteiger partial charge in [0.25, 0.3) is 5.91 Å². The van der Waals surface area contributed by atoms with Crippen molar-refractivity contribution in [3.63, 3.8) is 0 Å². The van der Waals surface area contributed by atoms with E-state index in [-0.39, 0.29) is 5.91 Å². The Hall–Kier alpha value is -1.00. The number of rotatable bonds is 2. The quantitative estimate of drug-likeness (QED) is 0.490. The number of carbonyl (C=O) groups is 1. The van der Waals surface area contributed by atoms with Crippen molar-refractivity contribution in [3.05, 3.63) is 29.8 Å². The second-order valence-corrected chi connectivity index (χ2v) is 5.34. The van der Waals surface area contributed by atoms with E-state index in [1.165, 1.54) is 11.8 Å². The first kappa shape index (κ1) is 13.1. The van der Waals surface area contributed by atoms with Crippen molar-refractivity contribution in [1.29, 1.82) is 0 Å². The maximum Gasteiger partial charge on any atom is 0.278 e. The number of thioether (sulfide) groups is 1. The first-order chi connectivity index (χ1) is 7.38. The summed E-state index contributed by atoms with van der Waals surface area (Å²) in [5.74, 6) is -0.363. The van der Waals surface area contributed by atoms with Gasteiger partial charge < -0.3 is 0 Å². The molecule has 1 rings (SSSR count). The van der Waals surface area contributed by atoms with E-state index in [1.807, 2.05) is 18.4 Å². The van der Waals surface area contributed by atoms with Crippen LogP contribution in [0.1, 0.15) is 31.1 Å². The summed E-state index contributed by atoms with van der Waals surface area (Å²) in [5, 5.41) is 10.6. The molecule has 1 amide bonds. The highest BCUT2D eigenvalue weighted by Crippen LogP contribution is 2.23. The molecule has 0 bridgehead atoms. The molecule has 0 heterocycles. The first-order valence-corrected chi connectivity index (χ1v) is 6.27. The molecule has 0 radical (unpaired) electrons. The maximum absolute atomic E-state index is 12.0. The topological polar surface area (TPSA) is 40.5 Å². The van der Waals surface area contributed by atoms with Crippen LogP contribution >= 0.6 is 11.8 Å². The van der Waals surface area contributed by atoms with E-state index >= 15 is 0 Å². The number of hydrogen-bond acceptors (Lipinski definition) is 3. The van der Waals surface area contributed by atoms with Gasteiger partial charge in [-0.15, -0.1) is 11.8 Å². The van der Waals surface area contributed by atoms with Gasteiger partial charge in [-0.05, 0) is 39.2 Å². The highest BCUT2D eigenvalue weighted by molar-refractivity contribution is 7.98. The minimum absolute atomic E-state index is 0.363. The van der Waals surface area contributed by atoms with E-state index in [0.29, 0.717) is 5.56 Å². The Kier molecular flexibility index (Phi) is 3.99. The van der Waals surface area contributed by atoms with E-state index in [4.69, 9.17) is 0 Å². The molecule has 0 aromatic heterocycles. The summed E-state index contributed by atoms with van der Waals surface area (Å²) in [6.45, 7) is 5.35. The zero-order chi connectivity index (χ0) is 12.3. The van der Waals surface area contributed by atoms with Crippen LogP contribution in [0.5, 0.6) is 0 Å². The Labute approximate surface area is 100 Å². The van der Waals surface area contributed by atoms with Crippen LogP contribution in [0.3, 0.4) is 0 Å². The average Bonchev–Trinajstić information content (AvgIpc) is 2.25. The van der Waals surface area contributed by atoms with Crippen LogP contribution in [0.25, 0.3) is 0 Å². The molecule has 0 spiro atoms. The van der Waals surface area contributed by atoms with Crippen molar-refractivity contribution in [2.45, 2.75) is 31.2 Å². The third-order valence-electron chi connectivity index (χ3n) is 2.17. The third kappa shape index (κ3) is 2.77. The number of amides is 1. The SMILES string of the molecule is CSc1ccccc1C(=O)N(O)C(C)(C)C. The molecule has 0 fully saturated rings. The molecule has 3 nitrogen and oxygen atoms in total. The molecule has 0 unspecified atom stereocenters. The summed E-state index contributed by atoms with van der Waals surface area (Å²) < 4.78 is 0. The Bertz CT molecular complexity index is 385. The number of hydrogen-bond donors (Lipinski definition) is 1. The molecule has 88 valence electrons. The van der Waals surface area contributed by atoms with Gasteiger partial charge in [0.2, 0.25) is 0 Å². The van der Waals surface area contributed by atoms with Gasteiger partial charge in [0.15, 0.2) is 0 Å². The van der Waals surface area contributed by atoms with Crippen LogP contribution in [-0.4, -0.2) is 28.0 Å². The lowest BCUT2D eigenvalue weighted by atomic mass is 10.1. The van der Waals surface area contributed by atoms with Crippen molar-refractivity contribution in [2.24, 2.45) is 0 Å². The summed E-state index contributed by atoms with van der Waals surface area (Å²) in [6.07, 6.45) is 1.91. The largest absolute Gasteiger partial charge is 0.285 e. The van der Waals surface area contributed by atoms with Crippen molar-refractivity contribution in [3.8, 4) is 0 Å². The smallest absolute Gasteiger partial charge is 0.278 e. The third-order valence-corrected chi connectivity index (χ3v) is 2.96. The molecule has 16 heavy (non-hydrogen) atoms. The predicted octanol–water partition coefficient (Wildman–Crippen LogP) is 3.04. The van der Waals surface area contributed by atoms with Gasteiger partial charge in [-0.3, -0.25) is 10.0 Å². The molecule has 0 saturated carbocycles. The maximum atomic E-state index is 12.0. The van der Waals surface area contributed by atoms with Gasteiger partial charge in [0.1, 0.15) is 0 Å². The molecule has 1 N–H and O–H groups in total. The molecule has 1 aromatic rings. The minimum Gasteiger partial charge on any atom is -0.285 e. The minimum atomic E-state index is -0.595. The van der Waals surface area contributed by atoms with Crippen LogP contribution in [0.2, 0.25) is 0 Å². The van der Waals surface area contributed by atoms with Gasteiger partial charge in [0.05, 0.1) is 11.1 Å². The van der Waals surface area contributed by atoms with E-state index < -0.39 is 5.54 Å². The Balaban J connectivity index is 3.05. The normalized spacial score (nSPS) is 11.3. The Morgan fingerprint density at radius 3 is 2.38 bits per heavy atom. The van der Waals surface area contributed by atoms with Crippen molar-refractivity contribution >= 4 is 17.7 Å². The second kappa shape index (κ2) is 4.89. The molecule has 4 heteroatoms. The second-order valence-electron chi connectivity index (χ2n) is 4.49. The van der Waals surface area contributed by atoms with Crippen LogP contribution < -0.4 is 0 Å². The Morgan fingerprint density at radius 2 is 1.88 bits per heavy atom. The number of hydroxylamine groups is 2. The lowest BCUT2D eigenvalue weighted by Crippen LogP contribution is -2.43. The van der Waals surface area contributed by atoms with Crippen molar-refractivity contribution in [2.75, 3.05) is 6.26 Å². The number of carbonyl (C=O) groups excluding carboxylic acids is 1. The van der Waals surface area contributed by atoms with Crippen LogP contribution in [0.15, 0.2) is 29.2 Å². The molecule has 0 atom stereocenters. The van der Waals surface area contributed by atoms with Crippen LogP contribution in [0.4, 0.5) is 0 Å². The Morgan fingerprint density at radius 1 is 1.31 bits per heavy atom. The van der Waals surface area contributed by atoms with Crippen molar-refractivity contribution in [1.82, 2.24) is 5.06 Å². The fraction of sp³-hybridized carbons (Fsp3) is 0.417. The predicted molar refractivity (Wildman–Crippen MR) is 65.9 cm³/mol. The molecule has 1 aromatic carbocycles. The van der Waals surface area contributed by atoms with Gasteiger partial charge >= 0.3 is 0 Å². The molecule has 0 aliphatic rings. The fourth-order valence-electron chi connectivity index (χ4n) is 1.24. The molecule has 0 saturated heterocycles. The highest BCUT2D eigenvalue weighted by atomic mass is 32.2. The average molecular weight is 239 g/mol. The lowest BCUT2D eigenvalue weighted by molar-refractivity contribution is -0.115. The fourth-order valence-corrected chi connectivity index (χ4v) is 1.83. The molecular formula is C12H17NO2S. The number of nitrogens with zero attached hydrogens (tertiary/aromatic N) is 1. The summed E-state index contributed by atoms with van der Waals surface area (Å²) in [5.41, 5.74) is -0.0600. The van der Waals surface area contributed by atoms with E-state index in [1.54, 1.807) is 32.9 Å². The van der Waals surface area contributed by atoms with Crippen molar-refractivity contribution < 1.29 is 10.0 Å². The zero-order valence-electron chi connectivity index (χ0n) is 10.0. The first-order valence-electron chi connectivity index (χ1n) is 5.04. The van der Waals surface area contributed by atoms with E-state index in [0.717, 1.165) is 9.96 Å². The van der Waals surface area contributed by atoms with E-state index in [9.17, 15) is 10.0 Å². The zero-order valence-corrected chi connectivity index (χ0v) is 10.8. The van der Waals surface area contributed by atoms with Gasteiger partial charge in [-0.25, -0.2) is 5.06 Å². The summed E-state index contributed by atoms with van der Waals surface area (Å²) in [7, 11) is 0. The van der Waals surface area contributed by atoms with Gasteiger partial charge in [-0.1, -0.05) is 12.1 Å². The van der Waals surface area contributed by atoms with Gasteiger partial charge in [-0.2, -0.15) is 0 Å². The highest BCUT2D eigenvalue weighted by Gasteiger charge is 2.27. The molecular weight excluding hydrogens is 222 g/mol. The lowest BCUT2D eigenvalue weighted by Gasteiger charge is -2.29. The molecule has 0 aliphatic heterocycles. The summed E-state index contributed by atoms with van der Waals surface area (Å²) >= 11 is 1.49. The monoisotopic (exact) mass is 239 g/mol. The summed E-state index contributed by atoms with van der Waals surface area (Å²) in [4.78, 5) is 12.9. The van der Waals surface area contributed by atoms with E-state index in [2.05, 4.69) is 0 Å². The van der Waals surface area contributed by atoms with Crippen LogP contribution in [0, 0.1) is 0 Å². The standard InChI is InChI=1S/C12H17NO2S/c1-12(2,3)13(15)11(14)9-7-5-6-8-10(9)16-4/h5-8,15H,1-4H3. The van der Waals surface area contributed by atoms with Gasteiger partial charge in [0, 0.05) is 4.90 Å². The van der Waals surface area contributed by atoms with Crippen LogP contribution in [-0.2, 0) is 0 Å². The number of benzene rings is 1. The molecule has 0 aliphatic carbocycles.